The zero-order chi connectivity index (χ0) is 9.56. The summed E-state index contributed by atoms with van der Waals surface area (Å²) >= 11 is 1.02. The molecule has 0 fully saturated rings. The maximum atomic E-state index is 10.7. The van der Waals surface area contributed by atoms with E-state index in [1.807, 2.05) is 0 Å². The molecule has 0 unspecified atom stereocenters. The summed E-state index contributed by atoms with van der Waals surface area (Å²) in [7, 11) is 0. The minimum absolute atomic E-state index is 0.125. The summed E-state index contributed by atoms with van der Waals surface area (Å²) in [5, 5.41) is 5.07. The van der Waals surface area contributed by atoms with E-state index in [1.54, 1.807) is 0 Å². The standard InChI is InChI=1S/C6H12N2O3S/c1-4(7)6(10)11-5(9)2-3-12-8/h4H,2-3,7-8H2,1H3/t4-/m0/s1. The Balaban J connectivity index is 3.62. The van der Waals surface area contributed by atoms with Crippen molar-refractivity contribution in [3.63, 3.8) is 0 Å². The van der Waals surface area contributed by atoms with Crippen molar-refractivity contribution in [2.75, 3.05) is 5.75 Å². The molecule has 0 radical (unpaired) electrons. The minimum Gasteiger partial charge on any atom is -0.392 e. The summed E-state index contributed by atoms with van der Waals surface area (Å²) in [5.41, 5.74) is 5.16. The van der Waals surface area contributed by atoms with Gasteiger partial charge in [-0.05, 0) is 6.92 Å². The highest BCUT2D eigenvalue weighted by Crippen LogP contribution is 1.95. The molecule has 0 bridgehead atoms. The number of hydrogen-bond donors (Lipinski definition) is 2. The highest BCUT2D eigenvalue weighted by Gasteiger charge is 2.13. The van der Waals surface area contributed by atoms with E-state index in [9.17, 15) is 9.59 Å². The molecule has 0 rings (SSSR count). The number of carbonyl (C=O) groups excluding carboxylic acids is 2. The summed E-state index contributed by atoms with van der Waals surface area (Å²) in [6.07, 6.45) is 0.125. The Morgan fingerprint density at radius 2 is 2.17 bits per heavy atom. The third kappa shape index (κ3) is 5.11. The summed E-state index contributed by atoms with van der Waals surface area (Å²) in [4.78, 5) is 21.5. The molecular weight excluding hydrogens is 180 g/mol. The quantitative estimate of drug-likeness (QED) is 0.351. The average molecular weight is 192 g/mol. The predicted octanol–water partition coefficient (Wildman–Crippen LogP) is -0.600. The van der Waals surface area contributed by atoms with Gasteiger partial charge in [0, 0.05) is 5.75 Å². The van der Waals surface area contributed by atoms with E-state index in [2.05, 4.69) is 4.74 Å². The molecule has 0 aromatic heterocycles. The molecule has 0 heterocycles. The fraction of sp³-hybridized carbons (Fsp3) is 0.667. The van der Waals surface area contributed by atoms with Crippen LogP contribution in [0.3, 0.4) is 0 Å². The number of rotatable bonds is 4. The SMILES string of the molecule is C[C@H](N)C(=O)OC(=O)CCSN. The number of hydrogen-bond acceptors (Lipinski definition) is 6. The minimum atomic E-state index is -0.764. The zero-order valence-corrected chi connectivity index (χ0v) is 7.60. The second-order valence-electron chi connectivity index (χ2n) is 2.20. The van der Waals surface area contributed by atoms with Gasteiger partial charge in [0.25, 0.3) is 0 Å². The molecule has 5 nitrogen and oxygen atoms in total. The Hall–Kier alpha value is -0.590. The van der Waals surface area contributed by atoms with Crippen molar-refractivity contribution >= 4 is 23.9 Å². The molecule has 0 aliphatic heterocycles. The summed E-state index contributed by atoms with van der Waals surface area (Å²) in [5.74, 6) is -0.859. The van der Waals surface area contributed by atoms with Gasteiger partial charge in [0.2, 0.25) is 0 Å². The first kappa shape index (κ1) is 11.4. The second-order valence-corrected chi connectivity index (χ2v) is 2.94. The summed E-state index contributed by atoms with van der Waals surface area (Å²) < 4.78 is 4.34. The van der Waals surface area contributed by atoms with Crippen LogP contribution in [0.5, 0.6) is 0 Å². The molecular formula is C6H12N2O3S. The van der Waals surface area contributed by atoms with Gasteiger partial charge in [0.1, 0.15) is 6.04 Å². The molecule has 12 heavy (non-hydrogen) atoms. The summed E-state index contributed by atoms with van der Waals surface area (Å²) in [6.45, 7) is 1.45. The molecule has 0 amide bonds. The van der Waals surface area contributed by atoms with Gasteiger partial charge >= 0.3 is 11.9 Å². The van der Waals surface area contributed by atoms with Gasteiger partial charge in [-0.2, -0.15) is 0 Å². The van der Waals surface area contributed by atoms with Crippen molar-refractivity contribution in [3.8, 4) is 0 Å². The number of esters is 2. The van der Waals surface area contributed by atoms with Gasteiger partial charge in [-0.1, -0.05) is 11.9 Å². The lowest BCUT2D eigenvalue weighted by molar-refractivity contribution is -0.160. The fourth-order valence-electron chi connectivity index (χ4n) is 0.398. The van der Waals surface area contributed by atoms with Crippen molar-refractivity contribution < 1.29 is 14.3 Å². The van der Waals surface area contributed by atoms with E-state index < -0.39 is 18.0 Å². The molecule has 0 aliphatic rings. The highest BCUT2D eigenvalue weighted by molar-refractivity contribution is 7.97. The van der Waals surface area contributed by atoms with E-state index in [4.69, 9.17) is 10.9 Å². The van der Waals surface area contributed by atoms with Gasteiger partial charge in [-0.3, -0.25) is 9.93 Å². The molecule has 0 aliphatic carbocycles. The Kier molecular flexibility index (Phi) is 5.69. The van der Waals surface area contributed by atoms with Gasteiger partial charge in [-0.25, -0.2) is 4.79 Å². The third-order valence-electron chi connectivity index (χ3n) is 1.01. The van der Waals surface area contributed by atoms with Gasteiger partial charge < -0.3 is 10.5 Å². The Morgan fingerprint density at radius 1 is 1.58 bits per heavy atom. The first-order valence-corrected chi connectivity index (χ1v) is 4.44. The highest BCUT2D eigenvalue weighted by atomic mass is 32.2. The molecule has 6 heteroatoms. The van der Waals surface area contributed by atoms with Gasteiger partial charge in [0.05, 0.1) is 6.42 Å². The van der Waals surface area contributed by atoms with Crippen molar-refractivity contribution in [2.24, 2.45) is 10.9 Å². The fourth-order valence-corrected chi connectivity index (χ4v) is 0.683. The van der Waals surface area contributed by atoms with Crippen LogP contribution in [-0.2, 0) is 14.3 Å². The van der Waals surface area contributed by atoms with Gasteiger partial charge in [-0.15, -0.1) is 0 Å². The lowest BCUT2D eigenvalue weighted by atomic mass is 10.4. The van der Waals surface area contributed by atoms with Crippen LogP contribution in [0.2, 0.25) is 0 Å². The molecule has 0 saturated carbocycles. The van der Waals surface area contributed by atoms with Crippen LogP contribution in [0, 0.1) is 0 Å². The monoisotopic (exact) mass is 192 g/mol. The van der Waals surface area contributed by atoms with Crippen molar-refractivity contribution in [3.05, 3.63) is 0 Å². The number of nitrogens with two attached hydrogens (primary N) is 2. The van der Waals surface area contributed by atoms with Crippen LogP contribution in [0.25, 0.3) is 0 Å². The molecule has 1 atom stereocenters. The first-order chi connectivity index (χ1) is 5.57. The van der Waals surface area contributed by atoms with E-state index in [0.29, 0.717) is 5.75 Å². The lowest BCUT2D eigenvalue weighted by Gasteiger charge is -2.03. The maximum absolute atomic E-state index is 10.7. The Labute approximate surface area is 74.9 Å². The largest absolute Gasteiger partial charge is 0.392 e. The normalized spacial score (nSPS) is 12.2. The molecule has 0 aromatic rings. The molecule has 4 N–H and O–H groups in total. The van der Waals surface area contributed by atoms with Crippen molar-refractivity contribution in [1.29, 1.82) is 0 Å². The van der Waals surface area contributed by atoms with Crippen LogP contribution < -0.4 is 10.9 Å². The third-order valence-corrected chi connectivity index (χ3v) is 1.45. The predicted molar refractivity (Wildman–Crippen MR) is 46.0 cm³/mol. The second kappa shape index (κ2) is 5.99. The molecule has 70 valence electrons. The van der Waals surface area contributed by atoms with Crippen LogP contribution >= 0.6 is 11.9 Å². The smallest absolute Gasteiger partial charge is 0.330 e. The van der Waals surface area contributed by atoms with Crippen LogP contribution in [-0.4, -0.2) is 23.7 Å². The van der Waals surface area contributed by atoms with Crippen molar-refractivity contribution in [1.82, 2.24) is 0 Å². The van der Waals surface area contributed by atoms with Crippen LogP contribution in [0.4, 0.5) is 0 Å². The number of carbonyl (C=O) groups is 2. The Bertz CT molecular complexity index is 172. The molecule has 0 spiro atoms. The zero-order valence-electron chi connectivity index (χ0n) is 6.78. The average Bonchev–Trinajstić information content (AvgIpc) is 2.00. The molecule has 0 saturated heterocycles. The van der Waals surface area contributed by atoms with Crippen LogP contribution in [0.15, 0.2) is 0 Å². The first-order valence-electron chi connectivity index (χ1n) is 3.39. The topological polar surface area (TPSA) is 95.4 Å². The maximum Gasteiger partial charge on any atom is 0.330 e. The van der Waals surface area contributed by atoms with Gasteiger partial charge in [0.15, 0.2) is 0 Å². The van der Waals surface area contributed by atoms with E-state index in [-0.39, 0.29) is 6.42 Å². The number of ether oxygens (including phenoxy) is 1. The van der Waals surface area contributed by atoms with E-state index in [0.717, 1.165) is 11.9 Å². The lowest BCUT2D eigenvalue weighted by Crippen LogP contribution is -2.30. The van der Waals surface area contributed by atoms with Crippen molar-refractivity contribution in [2.45, 2.75) is 19.4 Å². The van der Waals surface area contributed by atoms with Crippen LogP contribution in [0.1, 0.15) is 13.3 Å². The molecule has 0 aromatic carbocycles. The van der Waals surface area contributed by atoms with E-state index >= 15 is 0 Å². The van der Waals surface area contributed by atoms with E-state index in [1.165, 1.54) is 6.92 Å². The Morgan fingerprint density at radius 3 is 2.58 bits per heavy atom. The summed E-state index contributed by atoms with van der Waals surface area (Å²) in [6, 6.07) is -0.764.